The van der Waals surface area contributed by atoms with Crippen molar-refractivity contribution in [3.63, 3.8) is 0 Å². The van der Waals surface area contributed by atoms with Crippen LogP contribution in [0.5, 0.6) is 5.88 Å². The fourth-order valence-electron chi connectivity index (χ4n) is 6.53. The van der Waals surface area contributed by atoms with Gasteiger partial charge in [-0.2, -0.15) is 5.10 Å². The van der Waals surface area contributed by atoms with Crippen molar-refractivity contribution in [2.45, 2.75) is 97.2 Å². The van der Waals surface area contributed by atoms with E-state index in [9.17, 15) is 14.7 Å². The number of hydrogen-bond donors (Lipinski definition) is 3. The lowest BCUT2D eigenvalue weighted by molar-refractivity contribution is -0.137. The van der Waals surface area contributed by atoms with Crippen LogP contribution in [0.1, 0.15) is 90.4 Å². The van der Waals surface area contributed by atoms with Gasteiger partial charge >= 0.3 is 0 Å². The lowest BCUT2D eigenvalue weighted by Crippen LogP contribution is -2.61. The summed E-state index contributed by atoms with van der Waals surface area (Å²) in [5.74, 6) is 2.03. The number of carbonyl (C=O) groups excluding carboxylic acids is 2. The van der Waals surface area contributed by atoms with Gasteiger partial charge in [-0.25, -0.2) is 4.68 Å². The fourth-order valence-corrected chi connectivity index (χ4v) is 6.53. The Morgan fingerprint density at radius 3 is 2.44 bits per heavy atom. The van der Waals surface area contributed by atoms with Gasteiger partial charge in [-0.05, 0) is 81.6 Å². The summed E-state index contributed by atoms with van der Waals surface area (Å²) >= 11 is 0. The quantitative estimate of drug-likeness (QED) is 0.450. The predicted molar refractivity (Wildman–Crippen MR) is 139 cm³/mol. The molecule has 36 heavy (non-hydrogen) atoms. The largest absolute Gasteiger partial charge is 0.477 e. The maximum atomic E-state index is 13.5. The molecule has 200 valence electrons. The summed E-state index contributed by atoms with van der Waals surface area (Å²) in [6.07, 6.45) is 10.3. The molecule has 0 radical (unpaired) electrons. The van der Waals surface area contributed by atoms with E-state index in [0.717, 1.165) is 32.1 Å². The molecule has 3 N–H and O–H groups in total. The van der Waals surface area contributed by atoms with Gasteiger partial charge in [-0.15, -0.1) is 0 Å². The summed E-state index contributed by atoms with van der Waals surface area (Å²) in [6, 6.07) is 0.0845. The van der Waals surface area contributed by atoms with Gasteiger partial charge in [0, 0.05) is 18.7 Å². The minimum Gasteiger partial charge on any atom is -0.477 e. The zero-order chi connectivity index (χ0) is 26.3. The number of hydrogen-bond acceptors (Lipinski definition) is 5. The van der Waals surface area contributed by atoms with E-state index in [2.05, 4.69) is 29.6 Å². The maximum Gasteiger partial charge on any atom is 0.258 e. The Bertz CT molecular complexity index is 980. The lowest BCUT2D eigenvalue weighted by Gasteiger charge is -2.58. The second-order valence-corrected chi connectivity index (χ2v) is 12.9. The van der Waals surface area contributed by atoms with E-state index < -0.39 is 11.1 Å². The maximum absolute atomic E-state index is 13.5. The van der Waals surface area contributed by atoms with Gasteiger partial charge in [0.25, 0.3) is 5.91 Å². The zero-order valence-electron chi connectivity index (χ0n) is 22.7. The van der Waals surface area contributed by atoms with E-state index in [0.29, 0.717) is 42.2 Å². The van der Waals surface area contributed by atoms with Gasteiger partial charge in [0.1, 0.15) is 5.56 Å². The molecule has 4 saturated carbocycles. The molecular formula is C28H44N4O4. The Balaban J connectivity index is 1.49. The van der Waals surface area contributed by atoms with Crippen molar-refractivity contribution in [3.8, 4) is 5.88 Å². The number of aromatic nitrogens is 2. The van der Waals surface area contributed by atoms with Gasteiger partial charge in [0.15, 0.2) is 0 Å². The summed E-state index contributed by atoms with van der Waals surface area (Å²) in [7, 11) is 0. The van der Waals surface area contributed by atoms with Crippen molar-refractivity contribution in [1.29, 1.82) is 0 Å². The number of ether oxygens (including phenoxy) is 1. The molecule has 4 bridgehead atoms. The van der Waals surface area contributed by atoms with Crippen LogP contribution in [0.2, 0.25) is 0 Å². The minimum absolute atomic E-state index is 0.00297. The number of carbonyl (C=O) groups is 2. The number of amides is 2. The molecule has 2 atom stereocenters. The molecule has 0 aliphatic heterocycles. The number of nitrogens with zero attached hydrogens (tertiary/aromatic N) is 2. The molecule has 8 nitrogen and oxygen atoms in total. The van der Waals surface area contributed by atoms with Crippen LogP contribution in [0.25, 0.3) is 6.20 Å². The normalized spacial score (nSPS) is 29.4. The van der Waals surface area contributed by atoms with Crippen LogP contribution in [0.3, 0.4) is 0 Å². The van der Waals surface area contributed by atoms with Gasteiger partial charge in [-0.3, -0.25) is 9.59 Å². The second kappa shape index (κ2) is 10.2. The van der Waals surface area contributed by atoms with E-state index in [1.807, 2.05) is 33.8 Å². The van der Waals surface area contributed by atoms with Crippen molar-refractivity contribution in [1.82, 2.24) is 20.4 Å². The molecular weight excluding hydrogens is 456 g/mol. The molecule has 2 unspecified atom stereocenters. The SMILES string of the molecule is CC(C)COc1c(C(=O)NC2C3CC4CC2CC(O)(C4)C3)cnn1C=CC(C)(C)NC(=O)CC(C)C. The van der Waals surface area contributed by atoms with Crippen LogP contribution < -0.4 is 15.4 Å². The third-order valence-corrected chi connectivity index (χ3v) is 7.77. The zero-order valence-corrected chi connectivity index (χ0v) is 22.7. The molecule has 0 saturated heterocycles. The molecule has 1 aromatic heterocycles. The molecule has 1 aromatic rings. The summed E-state index contributed by atoms with van der Waals surface area (Å²) in [5.41, 5.74) is -0.707. The van der Waals surface area contributed by atoms with Crippen molar-refractivity contribution >= 4 is 18.0 Å². The van der Waals surface area contributed by atoms with Crippen molar-refractivity contribution in [2.24, 2.45) is 29.6 Å². The third-order valence-electron chi connectivity index (χ3n) is 7.77. The highest BCUT2D eigenvalue weighted by molar-refractivity contribution is 5.96. The Morgan fingerprint density at radius 2 is 1.86 bits per heavy atom. The highest BCUT2D eigenvalue weighted by Crippen LogP contribution is 2.55. The molecule has 4 aliphatic rings. The van der Waals surface area contributed by atoms with Crippen molar-refractivity contribution in [3.05, 3.63) is 17.8 Å². The van der Waals surface area contributed by atoms with E-state index in [1.54, 1.807) is 17.1 Å². The summed E-state index contributed by atoms with van der Waals surface area (Å²) < 4.78 is 7.65. The molecule has 4 fully saturated rings. The van der Waals surface area contributed by atoms with Crippen LogP contribution in [0.15, 0.2) is 12.3 Å². The van der Waals surface area contributed by atoms with Crippen LogP contribution in [-0.2, 0) is 4.79 Å². The smallest absolute Gasteiger partial charge is 0.258 e. The van der Waals surface area contributed by atoms with Gasteiger partial charge in [-0.1, -0.05) is 27.7 Å². The van der Waals surface area contributed by atoms with Crippen LogP contribution in [-0.4, -0.2) is 50.5 Å². The van der Waals surface area contributed by atoms with Crippen LogP contribution in [0, 0.1) is 29.6 Å². The number of nitrogens with one attached hydrogen (secondary N) is 2. The topological polar surface area (TPSA) is 105 Å². The predicted octanol–water partition coefficient (Wildman–Crippen LogP) is 4.00. The summed E-state index contributed by atoms with van der Waals surface area (Å²) in [4.78, 5) is 25.7. The van der Waals surface area contributed by atoms with Gasteiger partial charge in [0.05, 0.1) is 23.9 Å². The first kappa shape index (κ1) is 26.7. The Hall–Kier alpha value is -2.35. The van der Waals surface area contributed by atoms with Gasteiger partial charge in [0.2, 0.25) is 11.8 Å². The van der Waals surface area contributed by atoms with Crippen LogP contribution in [0.4, 0.5) is 0 Å². The first-order valence-corrected chi connectivity index (χ1v) is 13.6. The number of rotatable bonds is 10. The number of aliphatic hydroxyl groups is 1. The molecule has 1 heterocycles. The Kier molecular flexibility index (Phi) is 7.56. The second-order valence-electron chi connectivity index (χ2n) is 12.9. The van der Waals surface area contributed by atoms with Crippen molar-refractivity contribution in [2.75, 3.05) is 6.61 Å². The fraction of sp³-hybridized carbons (Fsp3) is 0.750. The third kappa shape index (κ3) is 6.13. The summed E-state index contributed by atoms with van der Waals surface area (Å²) in [6.45, 7) is 12.5. The minimum atomic E-state index is -0.587. The highest BCUT2D eigenvalue weighted by Gasteiger charge is 2.55. The monoisotopic (exact) mass is 500 g/mol. The van der Waals surface area contributed by atoms with Gasteiger partial charge < -0.3 is 20.5 Å². The average Bonchev–Trinajstić information content (AvgIpc) is 3.14. The van der Waals surface area contributed by atoms with E-state index in [-0.39, 0.29) is 29.7 Å². The molecule has 0 aromatic carbocycles. The standard InChI is InChI=1S/C28H44N4O4/c1-17(2)9-23(33)31-27(5,6)7-8-32-26(36-16-18(3)4)22(15-29-32)25(34)30-24-20-10-19-11-21(24)14-28(35,12-19)13-20/h7-8,15,17-21,24,35H,9-14,16H2,1-6H3,(H,30,34)(H,31,33). The molecule has 8 heteroatoms. The average molecular weight is 501 g/mol. The van der Waals surface area contributed by atoms with E-state index in [1.165, 1.54) is 0 Å². The first-order valence-electron chi connectivity index (χ1n) is 13.6. The van der Waals surface area contributed by atoms with Crippen molar-refractivity contribution < 1.29 is 19.4 Å². The molecule has 0 spiro atoms. The summed E-state index contributed by atoms with van der Waals surface area (Å²) in [5, 5.41) is 21.6. The lowest BCUT2D eigenvalue weighted by atomic mass is 9.52. The Labute approximate surface area is 215 Å². The highest BCUT2D eigenvalue weighted by atomic mass is 16.5. The molecule has 2 amide bonds. The first-order chi connectivity index (χ1) is 16.8. The van der Waals surface area contributed by atoms with Crippen LogP contribution >= 0.6 is 0 Å². The Morgan fingerprint density at radius 1 is 1.19 bits per heavy atom. The van der Waals surface area contributed by atoms with E-state index in [4.69, 9.17) is 4.74 Å². The molecule has 4 aliphatic carbocycles. The van der Waals surface area contributed by atoms with E-state index >= 15 is 0 Å². The molecule has 5 rings (SSSR count).